The zero-order valence-electron chi connectivity index (χ0n) is 12.4. The first kappa shape index (κ1) is 16.0. The van der Waals surface area contributed by atoms with Gasteiger partial charge in [0.15, 0.2) is 0 Å². The minimum absolute atomic E-state index is 0.0671. The van der Waals surface area contributed by atoms with Crippen LogP contribution in [0.3, 0.4) is 0 Å². The summed E-state index contributed by atoms with van der Waals surface area (Å²) in [7, 11) is 1.70. The van der Waals surface area contributed by atoms with Crippen LogP contribution in [0.4, 0.5) is 0 Å². The number of piperidine rings is 1. The van der Waals surface area contributed by atoms with Gasteiger partial charge < -0.3 is 15.5 Å². The SMILES string of the molecule is CC(C)NC(=O)CN(C)C(=O)CCC1CCNCC1. The zero-order chi connectivity index (χ0) is 14.3. The van der Waals surface area contributed by atoms with Crippen molar-refractivity contribution in [2.24, 2.45) is 5.92 Å². The van der Waals surface area contributed by atoms with E-state index < -0.39 is 0 Å². The first-order valence-electron chi connectivity index (χ1n) is 7.23. The van der Waals surface area contributed by atoms with Crippen LogP contribution in [-0.2, 0) is 9.59 Å². The number of hydrogen-bond donors (Lipinski definition) is 2. The maximum atomic E-state index is 11.9. The Kier molecular flexibility index (Phi) is 6.84. The van der Waals surface area contributed by atoms with Gasteiger partial charge in [0, 0.05) is 19.5 Å². The molecule has 0 aromatic carbocycles. The van der Waals surface area contributed by atoms with Gasteiger partial charge in [-0.3, -0.25) is 9.59 Å². The number of likely N-dealkylation sites (N-methyl/N-ethyl adjacent to an activating group) is 1. The fraction of sp³-hybridized carbons (Fsp3) is 0.857. The maximum Gasteiger partial charge on any atom is 0.239 e. The van der Waals surface area contributed by atoms with Crippen molar-refractivity contribution in [2.75, 3.05) is 26.7 Å². The number of nitrogens with zero attached hydrogens (tertiary/aromatic N) is 1. The van der Waals surface area contributed by atoms with Crippen molar-refractivity contribution in [3.63, 3.8) is 0 Å². The Labute approximate surface area is 116 Å². The predicted octanol–water partition coefficient (Wildman–Crippen LogP) is 0.749. The molecule has 1 heterocycles. The van der Waals surface area contributed by atoms with E-state index in [1.165, 1.54) is 4.90 Å². The topological polar surface area (TPSA) is 61.4 Å². The zero-order valence-corrected chi connectivity index (χ0v) is 12.4. The Hall–Kier alpha value is -1.10. The standard InChI is InChI=1S/C14H27N3O2/c1-11(2)16-13(18)10-17(3)14(19)5-4-12-6-8-15-9-7-12/h11-12,15H,4-10H2,1-3H3,(H,16,18). The van der Waals surface area contributed by atoms with E-state index in [0.29, 0.717) is 12.3 Å². The predicted molar refractivity (Wildman–Crippen MR) is 75.7 cm³/mol. The van der Waals surface area contributed by atoms with Crippen LogP contribution in [0.2, 0.25) is 0 Å². The highest BCUT2D eigenvalue weighted by Crippen LogP contribution is 2.18. The van der Waals surface area contributed by atoms with Crippen molar-refractivity contribution in [1.82, 2.24) is 15.5 Å². The second-order valence-electron chi connectivity index (χ2n) is 5.70. The van der Waals surface area contributed by atoms with Gasteiger partial charge in [0.25, 0.3) is 0 Å². The maximum absolute atomic E-state index is 11.9. The second kappa shape index (κ2) is 8.15. The highest BCUT2D eigenvalue weighted by molar-refractivity contribution is 5.84. The lowest BCUT2D eigenvalue weighted by Crippen LogP contribution is -2.41. The van der Waals surface area contributed by atoms with Crippen molar-refractivity contribution in [3.8, 4) is 0 Å². The highest BCUT2D eigenvalue weighted by Gasteiger charge is 2.17. The van der Waals surface area contributed by atoms with Gasteiger partial charge in [0.1, 0.15) is 0 Å². The van der Waals surface area contributed by atoms with Gasteiger partial charge >= 0.3 is 0 Å². The van der Waals surface area contributed by atoms with Crippen molar-refractivity contribution in [2.45, 2.75) is 45.6 Å². The first-order chi connectivity index (χ1) is 8.99. The minimum Gasteiger partial charge on any atom is -0.352 e. The lowest BCUT2D eigenvalue weighted by Gasteiger charge is -2.23. The summed E-state index contributed by atoms with van der Waals surface area (Å²) >= 11 is 0. The summed E-state index contributed by atoms with van der Waals surface area (Å²) in [6.45, 7) is 6.11. The molecule has 0 aliphatic carbocycles. The summed E-state index contributed by atoms with van der Waals surface area (Å²) in [4.78, 5) is 25.0. The number of nitrogens with one attached hydrogen (secondary N) is 2. The monoisotopic (exact) mass is 269 g/mol. The van der Waals surface area contributed by atoms with Crippen LogP contribution in [0.15, 0.2) is 0 Å². The summed E-state index contributed by atoms with van der Waals surface area (Å²) in [6.07, 6.45) is 3.81. The molecule has 0 atom stereocenters. The molecule has 5 nitrogen and oxygen atoms in total. The Morgan fingerprint density at radius 1 is 1.32 bits per heavy atom. The van der Waals surface area contributed by atoms with E-state index in [-0.39, 0.29) is 24.4 Å². The quantitative estimate of drug-likeness (QED) is 0.748. The lowest BCUT2D eigenvalue weighted by atomic mass is 9.93. The second-order valence-corrected chi connectivity index (χ2v) is 5.70. The van der Waals surface area contributed by atoms with Gasteiger partial charge in [-0.05, 0) is 52.1 Å². The molecule has 1 rings (SSSR count). The molecule has 1 fully saturated rings. The van der Waals surface area contributed by atoms with Gasteiger partial charge in [0.05, 0.1) is 6.54 Å². The smallest absolute Gasteiger partial charge is 0.239 e. The third-order valence-electron chi connectivity index (χ3n) is 3.48. The molecule has 1 aliphatic rings. The molecular formula is C14H27N3O2. The minimum atomic E-state index is -0.0901. The summed E-state index contributed by atoms with van der Waals surface area (Å²) in [6, 6.07) is 0.116. The molecule has 2 amide bonds. The molecule has 0 radical (unpaired) electrons. The Morgan fingerprint density at radius 2 is 1.95 bits per heavy atom. The summed E-state index contributed by atoms with van der Waals surface area (Å²) in [5.74, 6) is 0.633. The van der Waals surface area contributed by atoms with Crippen LogP contribution in [0, 0.1) is 5.92 Å². The molecule has 1 saturated heterocycles. The normalized spacial score (nSPS) is 16.4. The van der Waals surface area contributed by atoms with Crippen molar-refractivity contribution < 1.29 is 9.59 Å². The van der Waals surface area contributed by atoms with Gasteiger partial charge in [0.2, 0.25) is 11.8 Å². The molecule has 0 saturated carbocycles. The lowest BCUT2D eigenvalue weighted by molar-refractivity contribution is -0.135. The number of hydrogen-bond acceptors (Lipinski definition) is 3. The Bertz CT molecular complexity index is 299. The van der Waals surface area contributed by atoms with Crippen molar-refractivity contribution >= 4 is 11.8 Å². The van der Waals surface area contributed by atoms with Crippen LogP contribution >= 0.6 is 0 Å². The number of rotatable bonds is 6. The number of amides is 2. The molecule has 5 heteroatoms. The average molecular weight is 269 g/mol. The Balaban J connectivity index is 2.22. The average Bonchev–Trinajstić information content (AvgIpc) is 2.36. The fourth-order valence-corrected chi connectivity index (χ4v) is 2.36. The third kappa shape index (κ3) is 6.57. The van der Waals surface area contributed by atoms with E-state index in [0.717, 1.165) is 32.4 Å². The van der Waals surface area contributed by atoms with E-state index in [9.17, 15) is 9.59 Å². The molecular weight excluding hydrogens is 242 g/mol. The summed E-state index contributed by atoms with van der Waals surface area (Å²) in [5, 5.41) is 6.11. The molecule has 2 N–H and O–H groups in total. The molecule has 0 bridgehead atoms. The highest BCUT2D eigenvalue weighted by atomic mass is 16.2. The Morgan fingerprint density at radius 3 is 2.53 bits per heavy atom. The fourth-order valence-electron chi connectivity index (χ4n) is 2.36. The van der Waals surface area contributed by atoms with Crippen LogP contribution < -0.4 is 10.6 Å². The van der Waals surface area contributed by atoms with Gasteiger partial charge in [-0.1, -0.05) is 0 Å². The molecule has 110 valence electrons. The van der Waals surface area contributed by atoms with Crippen molar-refractivity contribution in [3.05, 3.63) is 0 Å². The summed E-state index contributed by atoms with van der Waals surface area (Å²) in [5.41, 5.74) is 0. The van der Waals surface area contributed by atoms with Crippen LogP contribution in [-0.4, -0.2) is 49.4 Å². The van der Waals surface area contributed by atoms with Gasteiger partial charge in [-0.15, -0.1) is 0 Å². The molecule has 1 aliphatic heterocycles. The van der Waals surface area contributed by atoms with Crippen LogP contribution in [0.25, 0.3) is 0 Å². The molecule has 0 spiro atoms. The van der Waals surface area contributed by atoms with E-state index in [2.05, 4.69) is 10.6 Å². The van der Waals surface area contributed by atoms with E-state index in [1.807, 2.05) is 13.8 Å². The molecule has 0 unspecified atom stereocenters. The van der Waals surface area contributed by atoms with E-state index in [4.69, 9.17) is 0 Å². The van der Waals surface area contributed by atoms with Gasteiger partial charge in [-0.25, -0.2) is 0 Å². The van der Waals surface area contributed by atoms with Gasteiger partial charge in [-0.2, -0.15) is 0 Å². The van der Waals surface area contributed by atoms with Crippen molar-refractivity contribution in [1.29, 1.82) is 0 Å². The van der Waals surface area contributed by atoms with E-state index in [1.54, 1.807) is 7.05 Å². The van der Waals surface area contributed by atoms with Crippen LogP contribution in [0.1, 0.15) is 39.5 Å². The number of carbonyl (C=O) groups excluding carboxylic acids is 2. The van der Waals surface area contributed by atoms with E-state index >= 15 is 0 Å². The number of carbonyl (C=O) groups is 2. The van der Waals surface area contributed by atoms with Crippen LogP contribution in [0.5, 0.6) is 0 Å². The molecule has 0 aromatic heterocycles. The summed E-state index contributed by atoms with van der Waals surface area (Å²) < 4.78 is 0. The molecule has 19 heavy (non-hydrogen) atoms. The molecule has 0 aromatic rings. The third-order valence-corrected chi connectivity index (χ3v) is 3.48. The first-order valence-corrected chi connectivity index (χ1v) is 7.23. The largest absolute Gasteiger partial charge is 0.352 e.